The Kier molecular flexibility index (Phi) is 7.39. The van der Waals surface area contributed by atoms with E-state index in [4.69, 9.17) is 16.3 Å². The van der Waals surface area contributed by atoms with E-state index in [1.54, 1.807) is 6.92 Å². The van der Waals surface area contributed by atoms with Gasteiger partial charge in [0.1, 0.15) is 5.69 Å². The zero-order chi connectivity index (χ0) is 22.8. The second kappa shape index (κ2) is 9.24. The number of rotatable bonds is 7. The predicted molar refractivity (Wildman–Crippen MR) is 105 cm³/mol. The highest BCUT2D eigenvalue weighted by Crippen LogP contribution is 2.31. The lowest BCUT2D eigenvalue weighted by atomic mass is 9.93. The summed E-state index contributed by atoms with van der Waals surface area (Å²) in [6, 6.07) is 0. The summed E-state index contributed by atoms with van der Waals surface area (Å²) in [5.41, 5.74) is -0.720. The standard InChI is InChI=1S/C20H24ClF4N3O2/c1-6-11-12(21)17(28(5)27-11)19(29)26-9-10-13(22)15(24)18(16(25)14(10)23)30-8-7-20(2,3)4/h6-9H2,1-5H3,(H,26,29). The summed E-state index contributed by atoms with van der Waals surface area (Å²) < 4.78 is 63.5. The van der Waals surface area contributed by atoms with Gasteiger partial charge in [-0.25, -0.2) is 8.78 Å². The maximum Gasteiger partial charge on any atom is 0.271 e. The van der Waals surface area contributed by atoms with Crippen LogP contribution < -0.4 is 10.1 Å². The lowest BCUT2D eigenvalue weighted by Gasteiger charge is -2.19. The molecule has 0 bridgehead atoms. The predicted octanol–water partition coefficient (Wildman–Crippen LogP) is 4.94. The van der Waals surface area contributed by atoms with Gasteiger partial charge in [-0.15, -0.1) is 0 Å². The number of nitrogens with zero attached hydrogens (tertiary/aromatic N) is 2. The molecule has 166 valence electrons. The first-order valence-corrected chi connectivity index (χ1v) is 9.74. The van der Waals surface area contributed by atoms with Crippen molar-refractivity contribution < 1.29 is 27.1 Å². The Balaban J connectivity index is 2.23. The third kappa shape index (κ3) is 5.06. The lowest BCUT2D eigenvalue weighted by molar-refractivity contribution is 0.0940. The lowest BCUT2D eigenvalue weighted by Crippen LogP contribution is -2.27. The molecule has 1 amide bonds. The fourth-order valence-corrected chi connectivity index (χ4v) is 3.06. The van der Waals surface area contributed by atoms with Crippen molar-refractivity contribution in [2.24, 2.45) is 12.5 Å². The summed E-state index contributed by atoms with van der Waals surface area (Å²) in [4.78, 5) is 12.4. The van der Waals surface area contributed by atoms with E-state index in [0.29, 0.717) is 18.5 Å². The highest BCUT2D eigenvalue weighted by Gasteiger charge is 2.28. The molecule has 0 unspecified atom stereocenters. The van der Waals surface area contributed by atoms with Crippen molar-refractivity contribution in [2.45, 2.75) is 47.1 Å². The van der Waals surface area contributed by atoms with Gasteiger partial charge >= 0.3 is 0 Å². The largest absolute Gasteiger partial charge is 0.487 e. The molecule has 1 aromatic heterocycles. The van der Waals surface area contributed by atoms with Gasteiger partial charge in [-0.1, -0.05) is 39.3 Å². The van der Waals surface area contributed by atoms with Crippen LogP contribution in [0.4, 0.5) is 17.6 Å². The summed E-state index contributed by atoms with van der Waals surface area (Å²) in [6.45, 7) is 6.52. The first-order chi connectivity index (χ1) is 13.9. The molecule has 2 rings (SSSR count). The van der Waals surface area contributed by atoms with Crippen molar-refractivity contribution in [3.63, 3.8) is 0 Å². The molecule has 0 aliphatic carbocycles. The molecule has 0 radical (unpaired) electrons. The zero-order valence-electron chi connectivity index (χ0n) is 17.4. The van der Waals surface area contributed by atoms with Crippen LogP contribution >= 0.6 is 11.6 Å². The Morgan fingerprint density at radius 1 is 1.13 bits per heavy atom. The minimum atomic E-state index is -1.65. The average Bonchev–Trinajstić information content (AvgIpc) is 2.95. The average molecular weight is 450 g/mol. The monoisotopic (exact) mass is 449 g/mol. The Labute approximate surface area is 177 Å². The minimum Gasteiger partial charge on any atom is -0.487 e. The number of aromatic nitrogens is 2. The van der Waals surface area contributed by atoms with Crippen LogP contribution in [0, 0.1) is 28.7 Å². The summed E-state index contributed by atoms with van der Waals surface area (Å²) in [7, 11) is 1.48. The van der Waals surface area contributed by atoms with Crippen LogP contribution in [-0.2, 0) is 20.0 Å². The number of carbonyl (C=O) groups is 1. The first-order valence-electron chi connectivity index (χ1n) is 9.36. The van der Waals surface area contributed by atoms with Crippen LogP contribution in [0.1, 0.15) is 55.9 Å². The van der Waals surface area contributed by atoms with E-state index in [9.17, 15) is 22.4 Å². The molecular weight excluding hydrogens is 426 g/mol. The number of ether oxygens (including phenoxy) is 1. The van der Waals surface area contributed by atoms with Gasteiger partial charge in [0.2, 0.25) is 11.6 Å². The van der Waals surface area contributed by atoms with E-state index in [0.717, 1.165) is 0 Å². The first kappa shape index (κ1) is 24.0. The third-order valence-electron chi connectivity index (χ3n) is 4.44. The van der Waals surface area contributed by atoms with Gasteiger partial charge in [0.05, 0.1) is 17.3 Å². The van der Waals surface area contributed by atoms with Crippen molar-refractivity contribution in [3.8, 4) is 5.75 Å². The number of benzene rings is 1. The molecule has 1 aromatic carbocycles. The molecule has 5 nitrogen and oxygen atoms in total. The zero-order valence-corrected chi connectivity index (χ0v) is 18.2. The second-order valence-electron chi connectivity index (χ2n) is 7.99. The van der Waals surface area contributed by atoms with Crippen LogP contribution in [0.3, 0.4) is 0 Å². The SMILES string of the molecule is CCc1nn(C)c(C(=O)NCc2c(F)c(F)c(OCCC(C)(C)C)c(F)c2F)c1Cl. The fourth-order valence-electron chi connectivity index (χ4n) is 2.68. The van der Waals surface area contributed by atoms with Crippen molar-refractivity contribution in [2.75, 3.05) is 6.61 Å². The molecule has 2 aromatic rings. The summed E-state index contributed by atoms with van der Waals surface area (Å²) in [5, 5.41) is 6.37. The Morgan fingerprint density at radius 3 is 2.17 bits per heavy atom. The normalized spacial score (nSPS) is 11.7. The van der Waals surface area contributed by atoms with Gasteiger partial charge in [0, 0.05) is 19.2 Å². The Hall–Kier alpha value is -2.29. The summed E-state index contributed by atoms with van der Waals surface area (Å²) in [6.07, 6.45) is 0.883. The van der Waals surface area contributed by atoms with Crippen molar-refractivity contribution in [1.82, 2.24) is 15.1 Å². The molecule has 0 aliphatic rings. The molecular formula is C20H24ClF4N3O2. The third-order valence-corrected chi connectivity index (χ3v) is 4.84. The van der Waals surface area contributed by atoms with E-state index >= 15 is 0 Å². The number of hydrogen-bond acceptors (Lipinski definition) is 3. The summed E-state index contributed by atoms with van der Waals surface area (Å²) in [5.74, 6) is -8.49. The quantitative estimate of drug-likeness (QED) is 0.481. The molecule has 30 heavy (non-hydrogen) atoms. The van der Waals surface area contributed by atoms with Crippen LogP contribution in [0.15, 0.2) is 0 Å². The molecule has 0 fully saturated rings. The van der Waals surface area contributed by atoms with Gasteiger partial charge in [0.15, 0.2) is 17.4 Å². The van der Waals surface area contributed by atoms with Crippen LogP contribution in [0.25, 0.3) is 0 Å². The Bertz CT molecular complexity index is 926. The van der Waals surface area contributed by atoms with Gasteiger partial charge in [-0.05, 0) is 18.3 Å². The van der Waals surface area contributed by atoms with Crippen LogP contribution in [-0.4, -0.2) is 22.3 Å². The fraction of sp³-hybridized carbons (Fsp3) is 0.500. The minimum absolute atomic E-state index is 0.0302. The Morgan fingerprint density at radius 2 is 1.70 bits per heavy atom. The maximum atomic E-state index is 14.4. The van der Waals surface area contributed by atoms with Crippen molar-refractivity contribution >= 4 is 17.5 Å². The van der Waals surface area contributed by atoms with Gasteiger partial charge in [-0.3, -0.25) is 9.48 Å². The molecule has 0 atom stereocenters. The molecule has 0 saturated heterocycles. The van der Waals surface area contributed by atoms with Gasteiger partial charge in [0.25, 0.3) is 5.91 Å². The highest BCUT2D eigenvalue weighted by atomic mass is 35.5. The number of halogens is 5. The van der Waals surface area contributed by atoms with E-state index in [-0.39, 0.29) is 22.7 Å². The number of hydrogen-bond donors (Lipinski definition) is 1. The van der Waals surface area contributed by atoms with Crippen LogP contribution in [0.2, 0.25) is 5.02 Å². The maximum absolute atomic E-state index is 14.4. The number of amides is 1. The molecule has 1 heterocycles. The van der Waals surface area contributed by atoms with Crippen molar-refractivity contribution in [1.29, 1.82) is 0 Å². The second-order valence-corrected chi connectivity index (χ2v) is 8.37. The van der Waals surface area contributed by atoms with E-state index in [2.05, 4.69) is 10.4 Å². The number of carbonyl (C=O) groups excluding carboxylic acids is 1. The van der Waals surface area contributed by atoms with Crippen LogP contribution in [0.5, 0.6) is 5.75 Å². The molecule has 0 spiro atoms. The van der Waals surface area contributed by atoms with E-state index in [1.807, 2.05) is 20.8 Å². The topological polar surface area (TPSA) is 56.2 Å². The molecule has 0 saturated carbocycles. The molecule has 10 heteroatoms. The smallest absolute Gasteiger partial charge is 0.271 e. The van der Waals surface area contributed by atoms with Crippen molar-refractivity contribution in [3.05, 3.63) is 45.2 Å². The number of aryl methyl sites for hydroxylation is 2. The molecule has 0 aliphatic heterocycles. The van der Waals surface area contributed by atoms with Gasteiger partial charge in [-0.2, -0.15) is 13.9 Å². The number of nitrogens with one attached hydrogen (secondary N) is 1. The van der Waals surface area contributed by atoms with Gasteiger partial charge < -0.3 is 10.1 Å². The molecule has 1 N–H and O–H groups in total. The van der Waals surface area contributed by atoms with E-state index < -0.39 is 47.0 Å². The highest BCUT2D eigenvalue weighted by molar-refractivity contribution is 6.34. The van der Waals surface area contributed by atoms with E-state index in [1.165, 1.54) is 11.7 Å². The summed E-state index contributed by atoms with van der Waals surface area (Å²) >= 11 is 6.09.